The summed E-state index contributed by atoms with van der Waals surface area (Å²) in [6, 6.07) is 6.70. The van der Waals surface area contributed by atoms with E-state index in [0.29, 0.717) is 11.3 Å². The molecule has 1 unspecified atom stereocenters. The number of ether oxygens (including phenoxy) is 2. The third kappa shape index (κ3) is 3.73. The molecule has 0 aromatic heterocycles. The van der Waals surface area contributed by atoms with E-state index in [2.05, 4.69) is 4.74 Å². The molecule has 0 fully saturated rings. The Labute approximate surface area is 94.2 Å². The maximum Gasteiger partial charge on any atom is 0.309 e. The van der Waals surface area contributed by atoms with Crippen LogP contribution < -0.4 is 4.74 Å². The van der Waals surface area contributed by atoms with Crippen LogP contribution in [-0.4, -0.2) is 25.5 Å². The van der Waals surface area contributed by atoms with Crippen molar-refractivity contribution in [3.8, 4) is 5.75 Å². The van der Waals surface area contributed by atoms with Gasteiger partial charge in [0.05, 0.1) is 13.5 Å². The summed E-state index contributed by atoms with van der Waals surface area (Å²) >= 11 is 0. The number of esters is 1. The first-order valence-corrected chi connectivity index (χ1v) is 4.94. The Hall–Kier alpha value is -1.84. The fraction of sp³-hybridized carbons (Fsp3) is 0.333. The van der Waals surface area contributed by atoms with Gasteiger partial charge >= 0.3 is 5.97 Å². The van der Waals surface area contributed by atoms with Gasteiger partial charge < -0.3 is 9.47 Å². The Balaban J connectivity index is 2.52. The number of benzene rings is 1. The molecule has 0 amide bonds. The number of hydrogen-bond acceptors (Lipinski definition) is 4. The quantitative estimate of drug-likeness (QED) is 0.563. The lowest BCUT2D eigenvalue weighted by Gasteiger charge is -2.13. The summed E-state index contributed by atoms with van der Waals surface area (Å²) in [5, 5.41) is 0. The third-order valence-electron chi connectivity index (χ3n) is 2.04. The van der Waals surface area contributed by atoms with Crippen LogP contribution in [0.4, 0.5) is 0 Å². The summed E-state index contributed by atoms with van der Waals surface area (Å²) < 4.78 is 10.00. The van der Waals surface area contributed by atoms with Crippen LogP contribution in [0.25, 0.3) is 0 Å². The average Bonchev–Trinajstić information content (AvgIpc) is 2.29. The van der Waals surface area contributed by atoms with Gasteiger partial charge in [0, 0.05) is 5.56 Å². The highest BCUT2D eigenvalue weighted by atomic mass is 16.5. The van der Waals surface area contributed by atoms with Crippen molar-refractivity contribution >= 4 is 12.3 Å². The maximum atomic E-state index is 11.0. The van der Waals surface area contributed by atoms with Gasteiger partial charge in [-0.2, -0.15) is 0 Å². The van der Waals surface area contributed by atoms with Crippen molar-refractivity contribution in [2.45, 2.75) is 19.4 Å². The Morgan fingerprint density at radius 2 is 2.00 bits per heavy atom. The van der Waals surface area contributed by atoms with Crippen LogP contribution in [0.2, 0.25) is 0 Å². The molecule has 0 aliphatic rings. The van der Waals surface area contributed by atoms with Crippen molar-refractivity contribution in [1.82, 2.24) is 0 Å². The van der Waals surface area contributed by atoms with Crippen LogP contribution in [-0.2, 0) is 9.53 Å². The molecule has 0 spiro atoms. The number of rotatable bonds is 5. The van der Waals surface area contributed by atoms with Gasteiger partial charge in [-0.05, 0) is 31.2 Å². The maximum absolute atomic E-state index is 11.0. The zero-order valence-corrected chi connectivity index (χ0v) is 9.30. The summed E-state index contributed by atoms with van der Waals surface area (Å²) in [7, 11) is 1.34. The van der Waals surface area contributed by atoms with Crippen LogP contribution in [0.15, 0.2) is 24.3 Å². The summed E-state index contributed by atoms with van der Waals surface area (Å²) in [5.74, 6) is 0.319. The molecule has 0 heterocycles. The summed E-state index contributed by atoms with van der Waals surface area (Å²) in [6.07, 6.45) is 0.711. The average molecular weight is 222 g/mol. The molecule has 1 aromatic carbocycles. The highest BCUT2D eigenvalue weighted by molar-refractivity contribution is 5.74. The van der Waals surface area contributed by atoms with Gasteiger partial charge in [0.15, 0.2) is 0 Å². The lowest BCUT2D eigenvalue weighted by Crippen LogP contribution is -2.17. The van der Waals surface area contributed by atoms with Crippen LogP contribution in [0.5, 0.6) is 5.75 Å². The van der Waals surface area contributed by atoms with E-state index < -0.39 is 0 Å². The zero-order valence-electron chi connectivity index (χ0n) is 9.30. The van der Waals surface area contributed by atoms with Crippen LogP contribution in [0, 0.1) is 0 Å². The lowest BCUT2D eigenvalue weighted by molar-refractivity contribution is -0.142. The van der Waals surface area contributed by atoms with Crippen molar-refractivity contribution in [3.63, 3.8) is 0 Å². The van der Waals surface area contributed by atoms with Gasteiger partial charge in [-0.15, -0.1) is 0 Å². The first-order chi connectivity index (χ1) is 7.65. The number of methoxy groups -OCH3 is 1. The fourth-order valence-corrected chi connectivity index (χ4v) is 1.22. The highest BCUT2D eigenvalue weighted by Gasteiger charge is 2.10. The number of hydrogen-bond donors (Lipinski definition) is 0. The van der Waals surface area contributed by atoms with Crippen LogP contribution in [0.1, 0.15) is 23.7 Å². The van der Waals surface area contributed by atoms with E-state index >= 15 is 0 Å². The van der Waals surface area contributed by atoms with E-state index in [4.69, 9.17) is 4.74 Å². The molecule has 1 rings (SSSR count). The summed E-state index contributed by atoms with van der Waals surface area (Å²) in [5.41, 5.74) is 0.591. The normalized spacial score (nSPS) is 11.6. The molecular weight excluding hydrogens is 208 g/mol. The minimum atomic E-state index is -0.308. The second-order valence-electron chi connectivity index (χ2n) is 3.40. The molecule has 0 bridgehead atoms. The highest BCUT2D eigenvalue weighted by Crippen LogP contribution is 2.14. The van der Waals surface area contributed by atoms with E-state index in [9.17, 15) is 9.59 Å². The van der Waals surface area contributed by atoms with Crippen molar-refractivity contribution in [2.24, 2.45) is 0 Å². The number of aldehydes is 1. The molecule has 4 heteroatoms. The van der Waals surface area contributed by atoms with E-state index in [-0.39, 0.29) is 18.5 Å². The largest absolute Gasteiger partial charge is 0.490 e. The van der Waals surface area contributed by atoms with Gasteiger partial charge in [0.25, 0.3) is 0 Å². The molecule has 1 atom stereocenters. The molecule has 0 aliphatic carbocycles. The third-order valence-corrected chi connectivity index (χ3v) is 2.04. The van der Waals surface area contributed by atoms with E-state index in [1.165, 1.54) is 7.11 Å². The molecule has 0 saturated heterocycles. The van der Waals surface area contributed by atoms with Crippen LogP contribution >= 0.6 is 0 Å². The topological polar surface area (TPSA) is 52.6 Å². The molecule has 0 radical (unpaired) electrons. The zero-order chi connectivity index (χ0) is 12.0. The molecular formula is C12H14O4. The molecule has 0 N–H and O–H groups in total. The molecule has 0 saturated carbocycles. The van der Waals surface area contributed by atoms with Gasteiger partial charge in [0.1, 0.15) is 18.1 Å². The van der Waals surface area contributed by atoms with Crippen molar-refractivity contribution in [1.29, 1.82) is 0 Å². The van der Waals surface area contributed by atoms with E-state index in [1.807, 2.05) is 0 Å². The van der Waals surface area contributed by atoms with Gasteiger partial charge in [-0.25, -0.2) is 0 Å². The Bertz CT molecular complexity index is 356. The first kappa shape index (κ1) is 12.2. The van der Waals surface area contributed by atoms with Crippen molar-refractivity contribution in [2.75, 3.05) is 7.11 Å². The summed E-state index contributed by atoms with van der Waals surface area (Å²) in [4.78, 5) is 21.4. The molecule has 4 nitrogen and oxygen atoms in total. The fourth-order valence-electron chi connectivity index (χ4n) is 1.22. The van der Waals surface area contributed by atoms with Gasteiger partial charge in [-0.1, -0.05) is 0 Å². The molecule has 16 heavy (non-hydrogen) atoms. The minimum absolute atomic E-state index is 0.200. The molecule has 1 aromatic rings. The molecule has 86 valence electrons. The Kier molecular flexibility index (Phi) is 4.51. The predicted octanol–water partition coefficient (Wildman–Crippen LogP) is 1.83. The van der Waals surface area contributed by atoms with E-state index in [1.54, 1.807) is 31.2 Å². The van der Waals surface area contributed by atoms with Gasteiger partial charge in [-0.3, -0.25) is 9.59 Å². The second-order valence-corrected chi connectivity index (χ2v) is 3.40. The Morgan fingerprint density at radius 1 is 1.38 bits per heavy atom. The number of carbonyl (C=O) groups excluding carboxylic acids is 2. The standard InChI is InChI=1S/C12H14O4/c1-9(7-12(14)15-2)16-11-5-3-10(8-13)4-6-11/h3-6,8-9H,7H2,1-2H3. The van der Waals surface area contributed by atoms with Gasteiger partial charge in [0.2, 0.25) is 0 Å². The van der Waals surface area contributed by atoms with E-state index in [0.717, 1.165) is 6.29 Å². The monoisotopic (exact) mass is 222 g/mol. The smallest absolute Gasteiger partial charge is 0.309 e. The minimum Gasteiger partial charge on any atom is -0.490 e. The lowest BCUT2D eigenvalue weighted by atomic mass is 10.2. The predicted molar refractivity (Wildman–Crippen MR) is 58.6 cm³/mol. The molecule has 0 aliphatic heterocycles. The van der Waals surface area contributed by atoms with Crippen LogP contribution in [0.3, 0.4) is 0 Å². The van der Waals surface area contributed by atoms with Crippen molar-refractivity contribution in [3.05, 3.63) is 29.8 Å². The Morgan fingerprint density at radius 3 is 2.50 bits per heavy atom. The number of carbonyl (C=O) groups is 2. The first-order valence-electron chi connectivity index (χ1n) is 4.94. The SMILES string of the molecule is COC(=O)CC(C)Oc1ccc(C=O)cc1. The second kappa shape index (κ2) is 5.90. The summed E-state index contributed by atoms with van der Waals surface area (Å²) in [6.45, 7) is 1.78. The van der Waals surface area contributed by atoms with Crippen molar-refractivity contribution < 1.29 is 19.1 Å².